The van der Waals surface area contributed by atoms with Crippen LogP contribution in [-0.2, 0) is 13.0 Å². The van der Waals surface area contributed by atoms with Gasteiger partial charge in [-0.25, -0.2) is 4.98 Å². The molecule has 1 unspecified atom stereocenters. The maximum atomic E-state index is 4.54. The van der Waals surface area contributed by atoms with Gasteiger partial charge in [-0.3, -0.25) is 4.99 Å². The molecule has 1 aliphatic rings. The third-order valence-electron chi connectivity index (χ3n) is 4.73. The van der Waals surface area contributed by atoms with Crippen LogP contribution in [0.15, 0.2) is 47.7 Å². The highest BCUT2D eigenvalue weighted by Gasteiger charge is 2.21. The van der Waals surface area contributed by atoms with Crippen molar-refractivity contribution in [3.63, 3.8) is 0 Å². The first-order chi connectivity index (χ1) is 12.8. The Morgan fingerprint density at radius 1 is 1.35 bits per heavy atom. The standard InChI is InChI=1S/C20H29N5S/c1-3-18-16-25(13-14-26-18)20(21-2)23-10-9-19-22-11-12-24(19)15-17-7-5-4-6-8-17/h4-8,11-12,18H,3,9-10,13-16H2,1-2H3,(H,21,23). The second-order valence-corrected chi connectivity index (χ2v) is 7.94. The Labute approximate surface area is 160 Å². The van der Waals surface area contributed by atoms with Crippen molar-refractivity contribution in [1.82, 2.24) is 19.8 Å². The van der Waals surface area contributed by atoms with Crippen molar-refractivity contribution in [1.29, 1.82) is 0 Å². The van der Waals surface area contributed by atoms with Crippen LogP contribution in [-0.4, -0.2) is 58.1 Å². The van der Waals surface area contributed by atoms with Gasteiger partial charge in [-0.15, -0.1) is 0 Å². The molecule has 1 atom stereocenters. The zero-order chi connectivity index (χ0) is 18.2. The lowest BCUT2D eigenvalue weighted by Crippen LogP contribution is -2.48. The van der Waals surface area contributed by atoms with Gasteiger partial charge in [-0.2, -0.15) is 11.8 Å². The molecule has 26 heavy (non-hydrogen) atoms. The van der Waals surface area contributed by atoms with Gasteiger partial charge in [0, 0.05) is 63.0 Å². The third kappa shape index (κ3) is 5.04. The monoisotopic (exact) mass is 371 g/mol. The predicted molar refractivity (Wildman–Crippen MR) is 111 cm³/mol. The van der Waals surface area contributed by atoms with Crippen LogP contribution in [0.5, 0.6) is 0 Å². The van der Waals surface area contributed by atoms with Crippen molar-refractivity contribution in [2.45, 2.75) is 31.6 Å². The SMILES string of the molecule is CCC1CN(C(=NC)NCCc2nccn2Cc2ccccc2)CCS1. The maximum absolute atomic E-state index is 4.54. The van der Waals surface area contributed by atoms with E-state index < -0.39 is 0 Å². The summed E-state index contributed by atoms with van der Waals surface area (Å²) in [5, 5.41) is 4.24. The van der Waals surface area contributed by atoms with E-state index in [4.69, 9.17) is 0 Å². The van der Waals surface area contributed by atoms with Crippen molar-refractivity contribution in [2.75, 3.05) is 32.4 Å². The fraction of sp³-hybridized carbons (Fsp3) is 0.500. The summed E-state index contributed by atoms with van der Waals surface area (Å²) in [6, 6.07) is 10.5. The summed E-state index contributed by atoms with van der Waals surface area (Å²) in [6.45, 7) is 6.14. The molecule has 0 spiro atoms. The number of benzene rings is 1. The topological polar surface area (TPSA) is 45.4 Å². The molecule has 0 saturated carbocycles. The molecule has 0 radical (unpaired) electrons. The molecule has 5 nitrogen and oxygen atoms in total. The average Bonchev–Trinajstić information content (AvgIpc) is 3.13. The summed E-state index contributed by atoms with van der Waals surface area (Å²) >= 11 is 2.08. The van der Waals surface area contributed by atoms with Crippen LogP contribution in [0.3, 0.4) is 0 Å². The van der Waals surface area contributed by atoms with Gasteiger partial charge in [0.05, 0.1) is 0 Å². The Hall–Kier alpha value is -1.95. The van der Waals surface area contributed by atoms with E-state index in [2.05, 4.69) is 80.0 Å². The molecule has 3 rings (SSSR count). The molecule has 1 aromatic carbocycles. The second-order valence-electron chi connectivity index (χ2n) is 6.53. The number of imidazole rings is 1. The minimum absolute atomic E-state index is 0.715. The molecule has 6 heteroatoms. The van der Waals surface area contributed by atoms with E-state index in [1.165, 1.54) is 17.7 Å². The fourth-order valence-electron chi connectivity index (χ4n) is 3.27. The predicted octanol–water partition coefficient (Wildman–Crippen LogP) is 2.88. The summed E-state index contributed by atoms with van der Waals surface area (Å²) in [6.07, 6.45) is 6.05. The van der Waals surface area contributed by atoms with Crippen LogP contribution in [0.2, 0.25) is 0 Å². The molecule has 0 amide bonds. The first-order valence-electron chi connectivity index (χ1n) is 9.41. The van der Waals surface area contributed by atoms with Crippen LogP contribution < -0.4 is 5.32 Å². The van der Waals surface area contributed by atoms with Crippen LogP contribution in [0, 0.1) is 0 Å². The van der Waals surface area contributed by atoms with Crippen molar-refractivity contribution in [3.05, 3.63) is 54.1 Å². The highest BCUT2D eigenvalue weighted by molar-refractivity contribution is 8.00. The fourth-order valence-corrected chi connectivity index (χ4v) is 4.45. The summed E-state index contributed by atoms with van der Waals surface area (Å²) < 4.78 is 2.23. The van der Waals surface area contributed by atoms with Gasteiger partial charge in [0.2, 0.25) is 0 Å². The Morgan fingerprint density at radius 2 is 2.19 bits per heavy atom. The van der Waals surface area contributed by atoms with Gasteiger partial charge in [0.15, 0.2) is 5.96 Å². The Balaban J connectivity index is 1.52. The van der Waals surface area contributed by atoms with E-state index in [0.717, 1.165) is 44.4 Å². The highest BCUT2D eigenvalue weighted by Crippen LogP contribution is 2.20. The summed E-state index contributed by atoms with van der Waals surface area (Å²) in [5.74, 6) is 3.31. The average molecular weight is 372 g/mol. The maximum Gasteiger partial charge on any atom is 0.193 e. The summed E-state index contributed by atoms with van der Waals surface area (Å²) in [7, 11) is 1.88. The number of nitrogens with zero attached hydrogens (tertiary/aromatic N) is 4. The van der Waals surface area contributed by atoms with Gasteiger partial charge < -0.3 is 14.8 Å². The van der Waals surface area contributed by atoms with E-state index >= 15 is 0 Å². The van der Waals surface area contributed by atoms with E-state index in [1.807, 2.05) is 13.2 Å². The normalized spacial score (nSPS) is 18.2. The van der Waals surface area contributed by atoms with E-state index in [-0.39, 0.29) is 0 Å². The molecular weight excluding hydrogens is 342 g/mol. The van der Waals surface area contributed by atoms with Crippen molar-refractivity contribution in [3.8, 4) is 0 Å². The smallest absolute Gasteiger partial charge is 0.193 e. The zero-order valence-electron chi connectivity index (χ0n) is 15.8. The number of nitrogens with one attached hydrogen (secondary N) is 1. The van der Waals surface area contributed by atoms with E-state index in [0.29, 0.717) is 5.25 Å². The number of aromatic nitrogens is 2. The molecular formula is C20H29N5S. The van der Waals surface area contributed by atoms with Gasteiger partial charge in [-0.05, 0) is 12.0 Å². The molecule has 2 heterocycles. The molecule has 1 fully saturated rings. The van der Waals surface area contributed by atoms with Gasteiger partial charge >= 0.3 is 0 Å². The Bertz CT molecular complexity index is 697. The first kappa shape index (κ1) is 18.8. The molecule has 2 aromatic rings. The summed E-state index contributed by atoms with van der Waals surface area (Å²) in [4.78, 5) is 11.4. The van der Waals surface area contributed by atoms with Gasteiger partial charge in [0.25, 0.3) is 0 Å². The second kappa shape index (κ2) is 9.67. The lowest BCUT2D eigenvalue weighted by Gasteiger charge is -2.34. The molecule has 0 aliphatic carbocycles. The zero-order valence-corrected chi connectivity index (χ0v) is 16.6. The van der Waals surface area contributed by atoms with Crippen LogP contribution in [0.1, 0.15) is 24.7 Å². The molecule has 140 valence electrons. The first-order valence-corrected chi connectivity index (χ1v) is 10.5. The number of guanidine groups is 1. The number of hydrogen-bond donors (Lipinski definition) is 1. The lowest BCUT2D eigenvalue weighted by molar-refractivity contribution is 0.408. The van der Waals surface area contributed by atoms with E-state index in [1.54, 1.807) is 0 Å². The van der Waals surface area contributed by atoms with E-state index in [9.17, 15) is 0 Å². The van der Waals surface area contributed by atoms with Crippen LogP contribution in [0.25, 0.3) is 0 Å². The minimum atomic E-state index is 0.715. The largest absolute Gasteiger partial charge is 0.356 e. The van der Waals surface area contributed by atoms with Crippen LogP contribution >= 0.6 is 11.8 Å². The van der Waals surface area contributed by atoms with Crippen molar-refractivity contribution < 1.29 is 0 Å². The van der Waals surface area contributed by atoms with Gasteiger partial charge in [0.1, 0.15) is 5.82 Å². The Kier molecular flexibility index (Phi) is 7.00. The minimum Gasteiger partial charge on any atom is -0.356 e. The molecule has 1 aliphatic heterocycles. The number of rotatable bonds is 6. The van der Waals surface area contributed by atoms with Crippen LogP contribution in [0.4, 0.5) is 0 Å². The molecule has 0 bridgehead atoms. The van der Waals surface area contributed by atoms with Crippen molar-refractivity contribution >= 4 is 17.7 Å². The summed E-state index contributed by atoms with van der Waals surface area (Å²) in [5.41, 5.74) is 1.30. The number of thioether (sulfide) groups is 1. The molecule has 1 N–H and O–H groups in total. The quantitative estimate of drug-likeness (QED) is 0.626. The van der Waals surface area contributed by atoms with Gasteiger partial charge in [-0.1, -0.05) is 37.3 Å². The highest BCUT2D eigenvalue weighted by atomic mass is 32.2. The Morgan fingerprint density at radius 3 is 2.96 bits per heavy atom. The number of hydrogen-bond acceptors (Lipinski definition) is 3. The number of aliphatic imine (C=N–C) groups is 1. The lowest BCUT2D eigenvalue weighted by atomic mass is 10.2. The molecule has 1 aromatic heterocycles. The van der Waals surface area contributed by atoms with Crippen molar-refractivity contribution in [2.24, 2.45) is 4.99 Å². The molecule has 1 saturated heterocycles. The third-order valence-corrected chi connectivity index (χ3v) is 6.11.